The summed E-state index contributed by atoms with van der Waals surface area (Å²) in [6.07, 6.45) is 2.19. The Bertz CT molecular complexity index is 1340. The normalized spacial score (nSPS) is 14.1. The summed E-state index contributed by atoms with van der Waals surface area (Å²) in [5.41, 5.74) is 5.70. The fraction of sp³-hybridized carbons (Fsp3) is 0.269. The summed E-state index contributed by atoms with van der Waals surface area (Å²) < 4.78 is 38.9. The smallest absolute Gasteiger partial charge is 0.240 e. The van der Waals surface area contributed by atoms with Gasteiger partial charge in [0, 0.05) is 31.1 Å². The van der Waals surface area contributed by atoms with Gasteiger partial charge in [-0.15, -0.1) is 0 Å². The molecule has 34 heavy (non-hydrogen) atoms. The van der Waals surface area contributed by atoms with E-state index in [9.17, 15) is 13.2 Å². The van der Waals surface area contributed by atoms with E-state index in [2.05, 4.69) is 22.2 Å². The number of fused-ring (bicyclic) bond motifs is 4. The molecule has 2 aliphatic rings. The molecule has 3 aromatic carbocycles. The van der Waals surface area contributed by atoms with Crippen molar-refractivity contribution in [3.8, 4) is 22.6 Å². The lowest BCUT2D eigenvalue weighted by Crippen LogP contribution is -2.25. The predicted molar refractivity (Wildman–Crippen MR) is 130 cm³/mol. The maximum Gasteiger partial charge on any atom is 0.240 e. The van der Waals surface area contributed by atoms with Gasteiger partial charge < -0.3 is 14.8 Å². The van der Waals surface area contributed by atoms with Crippen molar-refractivity contribution in [2.75, 3.05) is 25.1 Å². The highest BCUT2D eigenvalue weighted by Gasteiger charge is 2.20. The Kier molecular flexibility index (Phi) is 6.26. The molecule has 1 heterocycles. The molecule has 3 aromatic rings. The van der Waals surface area contributed by atoms with Crippen LogP contribution in [0.25, 0.3) is 11.1 Å². The van der Waals surface area contributed by atoms with Crippen molar-refractivity contribution in [3.05, 3.63) is 71.8 Å². The van der Waals surface area contributed by atoms with Crippen molar-refractivity contribution < 1.29 is 22.7 Å². The molecule has 0 saturated carbocycles. The minimum Gasteiger partial charge on any atom is -0.490 e. The molecule has 0 saturated heterocycles. The van der Waals surface area contributed by atoms with Gasteiger partial charge in [-0.05, 0) is 59.4 Å². The van der Waals surface area contributed by atoms with Gasteiger partial charge in [-0.2, -0.15) is 0 Å². The Hall–Kier alpha value is -3.36. The lowest BCUT2D eigenvalue weighted by Gasteiger charge is -2.11. The van der Waals surface area contributed by atoms with Crippen molar-refractivity contribution in [3.63, 3.8) is 0 Å². The fourth-order valence-electron chi connectivity index (χ4n) is 4.30. The van der Waals surface area contributed by atoms with Crippen molar-refractivity contribution >= 4 is 21.6 Å². The zero-order chi connectivity index (χ0) is 23.5. The molecular formula is C26H26N2O5S. The van der Waals surface area contributed by atoms with Crippen molar-refractivity contribution in [1.82, 2.24) is 4.72 Å². The highest BCUT2D eigenvalue weighted by atomic mass is 32.2. The quantitative estimate of drug-likeness (QED) is 0.390. The molecule has 8 heteroatoms. The van der Waals surface area contributed by atoms with Gasteiger partial charge in [-0.3, -0.25) is 4.79 Å². The second kappa shape index (κ2) is 9.48. The standard InChI is InChI=1S/C26H26N2O5S/c29-26(28-20-8-10-23-19(16-20)15-18-5-1-2-6-22(18)23)7-3-12-27-34(30,31)21-9-11-24-25(17-21)33-14-4-13-32-24/h1-2,5-6,8-11,16-17,27H,3-4,7,12-15H2,(H,28,29). The lowest BCUT2D eigenvalue weighted by atomic mass is 10.1. The average molecular weight is 479 g/mol. The van der Waals surface area contributed by atoms with Gasteiger partial charge in [0.1, 0.15) is 0 Å². The average Bonchev–Trinajstić information content (AvgIpc) is 3.02. The number of hydrogen-bond donors (Lipinski definition) is 2. The molecule has 1 aliphatic carbocycles. The molecule has 7 nitrogen and oxygen atoms in total. The van der Waals surface area contributed by atoms with Crippen molar-refractivity contribution in [2.24, 2.45) is 0 Å². The monoisotopic (exact) mass is 478 g/mol. The van der Waals surface area contributed by atoms with Crippen LogP contribution in [0.4, 0.5) is 5.69 Å². The lowest BCUT2D eigenvalue weighted by molar-refractivity contribution is -0.116. The molecule has 0 fully saturated rings. The molecule has 2 N–H and O–H groups in total. The first-order valence-corrected chi connectivity index (χ1v) is 12.9. The van der Waals surface area contributed by atoms with Gasteiger partial charge >= 0.3 is 0 Å². The Balaban J connectivity index is 1.12. The van der Waals surface area contributed by atoms with E-state index in [1.165, 1.54) is 34.4 Å². The number of nitrogens with one attached hydrogen (secondary N) is 2. The Morgan fingerprint density at radius 3 is 2.56 bits per heavy atom. The SMILES string of the molecule is O=C(CCCNS(=O)(=O)c1ccc2c(c1)OCCCO2)Nc1ccc2c(c1)Cc1ccccc1-2. The highest BCUT2D eigenvalue weighted by Crippen LogP contribution is 2.37. The molecule has 0 bridgehead atoms. The first-order valence-electron chi connectivity index (χ1n) is 11.4. The van der Waals surface area contributed by atoms with Gasteiger partial charge in [0.15, 0.2) is 11.5 Å². The number of amides is 1. The van der Waals surface area contributed by atoms with Crippen molar-refractivity contribution in [2.45, 2.75) is 30.6 Å². The maximum atomic E-state index is 12.6. The Morgan fingerprint density at radius 1 is 0.882 bits per heavy atom. The third kappa shape index (κ3) is 4.78. The second-order valence-corrected chi connectivity index (χ2v) is 10.2. The first-order chi connectivity index (χ1) is 16.5. The largest absolute Gasteiger partial charge is 0.490 e. The molecule has 0 aromatic heterocycles. The minimum atomic E-state index is -3.71. The summed E-state index contributed by atoms with van der Waals surface area (Å²) in [6.45, 7) is 1.18. The van der Waals surface area contributed by atoms with E-state index in [4.69, 9.17) is 9.47 Å². The van der Waals surface area contributed by atoms with Crippen LogP contribution in [0.3, 0.4) is 0 Å². The molecule has 5 rings (SSSR count). The summed E-state index contributed by atoms with van der Waals surface area (Å²) >= 11 is 0. The van der Waals surface area contributed by atoms with E-state index >= 15 is 0 Å². The number of hydrogen-bond acceptors (Lipinski definition) is 5. The third-order valence-electron chi connectivity index (χ3n) is 5.98. The topological polar surface area (TPSA) is 93.7 Å². The first kappa shape index (κ1) is 22.4. The predicted octanol–water partition coefficient (Wildman–Crippen LogP) is 4.12. The number of carbonyl (C=O) groups is 1. The van der Waals surface area contributed by atoms with E-state index in [1.807, 2.05) is 30.3 Å². The van der Waals surface area contributed by atoms with Gasteiger partial charge in [-0.25, -0.2) is 13.1 Å². The van der Waals surface area contributed by atoms with E-state index in [1.54, 1.807) is 6.07 Å². The van der Waals surface area contributed by atoms with Crippen LogP contribution in [0.2, 0.25) is 0 Å². The van der Waals surface area contributed by atoms with E-state index in [0.29, 0.717) is 31.1 Å². The maximum absolute atomic E-state index is 12.6. The van der Waals surface area contributed by atoms with Gasteiger partial charge in [-0.1, -0.05) is 30.3 Å². The summed E-state index contributed by atoms with van der Waals surface area (Å²) in [5, 5.41) is 2.92. The number of ether oxygens (including phenoxy) is 2. The van der Waals surface area contributed by atoms with Crippen LogP contribution in [0.5, 0.6) is 11.5 Å². The van der Waals surface area contributed by atoms with Crippen LogP contribution in [0.15, 0.2) is 65.6 Å². The number of carbonyl (C=O) groups excluding carboxylic acids is 1. The van der Waals surface area contributed by atoms with Gasteiger partial charge in [0.25, 0.3) is 0 Å². The molecule has 0 unspecified atom stereocenters. The van der Waals surface area contributed by atoms with Crippen LogP contribution in [-0.4, -0.2) is 34.1 Å². The fourth-order valence-corrected chi connectivity index (χ4v) is 5.39. The number of anilines is 1. The molecule has 0 spiro atoms. The Labute approximate surface area is 199 Å². The van der Waals surface area contributed by atoms with E-state index in [0.717, 1.165) is 18.5 Å². The van der Waals surface area contributed by atoms with Crippen LogP contribution >= 0.6 is 0 Å². The summed E-state index contributed by atoms with van der Waals surface area (Å²) in [6, 6.07) is 18.9. The number of sulfonamides is 1. The molecule has 0 atom stereocenters. The summed E-state index contributed by atoms with van der Waals surface area (Å²) in [5.74, 6) is 0.825. The van der Waals surface area contributed by atoms with E-state index < -0.39 is 10.0 Å². The van der Waals surface area contributed by atoms with Crippen LogP contribution < -0.4 is 19.5 Å². The second-order valence-electron chi connectivity index (χ2n) is 8.41. The van der Waals surface area contributed by atoms with Gasteiger partial charge in [0.05, 0.1) is 18.1 Å². The van der Waals surface area contributed by atoms with E-state index in [-0.39, 0.29) is 23.8 Å². The third-order valence-corrected chi connectivity index (χ3v) is 7.44. The number of rotatable bonds is 7. The molecule has 1 amide bonds. The zero-order valence-corrected chi connectivity index (χ0v) is 19.5. The molecular weight excluding hydrogens is 452 g/mol. The molecule has 1 aliphatic heterocycles. The number of benzene rings is 3. The molecule has 0 radical (unpaired) electrons. The van der Waals surface area contributed by atoms with Gasteiger partial charge in [0.2, 0.25) is 15.9 Å². The summed E-state index contributed by atoms with van der Waals surface area (Å²) in [4.78, 5) is 12.5. The Morgan fingerprint density at radius 2 is 1.68 bits per heavy atom. The van der Waals surface area contributed by atoms with Crippen LogP contribution in [0.1, 0.15) is 30.4 Å². The van der Waals surface area contributed by atoms with Crippen LogP contribution in [0, 0.1) is 0 Å². The van der Waals surface area contributed by atoms with Crippen molar-refractivity contribution in [1.29, 1.82) is 0 Å². The summed E-state index contributed by atoms with van der Waals surface area (Å²) in [7, 11) is -3.71. The molecule has 176 valence electrons. The minimum absolute atomic E-state index is 0.111. The zero-order valence-electron chi connectivity index (χ0n) is 18.7. The highest BCUT2D eigenvalue weighted by molar-refractivity contribution is 7.89. The van der Waals surface area contributed by atoms with Crippen LogP contribution in [-0.2, 0) is 21.2 Å².